The van der Waals surface area contributed by atoms with Crippen molar-refractivity contribution in [3.63, 3.8) is 0 Å². The molecule has 0 saturated carbocycles. The number of hydrogen-bond acceptors (Lipinski definition) is 4. The third kappa shape index (κ3) is 3.02. The number of nitrogens with two attached hydrogens (primary N) is 1. The van der Waals surface area contributed by atoms with Crippen molar-refractivity contribution in [2.75, 3.05) is 10.5 Å². The van der Waals surface area contributed by atoms with Crippen LogP contribution in [0.25, 0.3) is 0 Å². The monoisotopic (exact) mass is 379 g/mol. The highest BCUT2D eigenvalue weighted by Gasteiger charge is 2.19. The summed E-state index contributed by atoms with van der Waals surface area (Å²) in [6.45, 7) is 0. The summed E-state index contributed by atoms with van der Waals surface area (Å²) in [4.78, 5) is 3.44. The van der Waals surface area contributed by atoms with Gasteiger partial charge in [0.2, 0.25) is 0 Å². The normalized spacial score (nSPS) is 11.3. The summed E-state index contributed by atoms with van der Waals surface area (Å²) in [5, 5.41) is 0.000439. The van der Waals surface area contributed by atoms with Crippen molar-refractivity contribution in [1.29, 1.82) is 0 Å². The number of halogens is 3. The Morgan fingerprint density at radius 1 is 1.40 bits per heavy atom. The molecule has 9 heteroatoms. The van der Waals surface area contributed by atoms with E-state index in [0.717, 1.165) is 18.3 Å². The zero-order valence-corrected chi connectivity index (χ0v) is 12.9. The van der Waals surface area contributed by atoms with E-state index in [2.05, 4.69) is 25.6 Å². The van der Waals surface area contributed by atoms with Gasteiger partial charge in [-0.1, -0.05) is 17.7 Å². The minimum atomic E-state index is -4.02. The number of benzene rings is 1. The largest absolute Gasteiger partial charge is 0.382 e. The fourth-order valence-corrected chi connectivity index (χ4v) is 3.23. The number of nitrogens with one attached hydrogen (secondary N) is 1. The predicted molar refractivity (Wildman–Crippen MR) is 78.6 cm³/mol. The zero-order chi connectivity index (χ0) is 14.9. The van der Waals surface area contributed by atoms with Gasteiger partial charge in [0.05, 0.1) is 10.7 Å². The molecule has 0 radical (unpaired) electrons. The van der Waals surface area contributed by atoms with E-state index < -0.39 is 15.8 Å². The second kappa shape index (κ2) is 5.55. The number of aromatic nitrogens is 1. The molecule has 0 amide bonds. The molecule has 1 aromatic carbocycles. The zero-order valence-electron chi connectivity index (χ0n) is 9.77. The van der Waals surface area contributed by atoms with Crippen molar-refractivity contribution in [1.82, 2.24) is 4.98 Å². The fourth-order valence-electron chi connectivity index (χ4n) is 1.37. The van der Waals surface area contributed by atoms with E-state index in [1.54, 1.807) is 0 Å². The van der Waals surface area contributed by atoms with Crippen LogP contribution in [0.1, 0.15) is 0 Å². The molecule has 2 rings (SSSR count). The van der Waals surface area contributed by atoms with Gasteiger partial charge < -0.3 is 5.73 Å². The van der Waals surface area contributed by atoms with Gasteiger partial charge >= 0.3 is 0 Å². The number of rotatable bonds is 3. The smallest absolute Gasteiger partial charge is 0.263 e. The number of pyridine rings is 1. The molecule has 0 bridgehead atoms. The highest BCUT2D eigenvalue weighted by molar-refractivity contribution is 9.10. The van der Waals surface area contributed by atoms with Crippen molar-refractivity contribution in [3.8, 4) is 0 Å². The van der Waals surface area contributed by atoms with Gasteiger partial charge in [-0.05, 0) is 34.1 Å². The molecular weight excluding hydrogens is 373 g/mol. The number of anilines is 2. The lowest BCUT2D eigenvalue weighted by atomic mass is 10.3. The number of nitrogen functional groups attached to an aromatic ring is 1. The maximum Gasteiger partial charge on any atom is 0.263 e. The highest BCUT2D eigenvalue weighted by atomic mass is 79.9. The van der Waals surface area contributed by atoms with E-state index in [4.69, 9.17) is 17.3 Å². The lowest BCUT2D eigenvalue weighted by Crippen LogP contribution is -2.15. The lowest BCUT2D eigenvalue weighted by Gasteiger charge is -2.10. The van der Waals surface area contributed by atoms with Gasteiger partial charge in [0.1, 0.15) is 16.5 Å². The third-order valence-electron chi connectivity index (χ3n) is 2.35. The lowest BCUT2D eigenvalue weighted by molar-refractivity contribution is 0.598. The van der Waals surface area contributed by atoms with Crippen LogP contribution in [0.15, 0.2) is 39.8 Å². The average Bonchev–Trinajstić information content (AvgIpc) is 2.37. The highest BCUT2D eigenvalue weighted by Crippen LogP contribution is 2.28. The Balaban J connectivity index is 2.43. The van der Waals surface area contributed by atoms with Crippen LogP contribution in [0.5, 0.6) is 0 Å². The second-order valence-electron chi connectivity index (χ2n) is 3.74. The van der Waals surface area contributed by atoms with E-state index in [1.165, 1.54) is 12.1 Å². The molecule has 0 spiro atoms. The number of para-hydroxylation sites is 1. The van der Waals surface area contributed by atoms with Crippen molar-refractivity contribution >= 4 is 49.1 Å². The summed E-state index contributed by atoms with van der Waals surface area (Å²) >= 11 is 8.79. The van der Waals surface area contributed by atoms with Crippen molar-refractivity contribution < 1.29 is 12.8 Å². The third-order valence-corrected chi connectivity index (χ3v) is 4.63. The maximum absolute atomic E-state index is 13.6. The minimum absolute atomic E-state index is 0.000439. The van der Waals surface area contributed by atoms with Gasteiger partial charge in [-0.15, -0.1) is 0 Å². The van der Waals surface area contributed by atoms with Crippen LogP contribution in [-0.2, 0) is 10.0 Å². The molecule has 0 aliphatic carbocycles. The molecule has 1 aromatic heterocycles. The molecule has 0 aliphatic heterocycles. The number of hydrogen-bond donors (Lipinski definition) is 2. The molecule has 0 fully saturated rings. The van der Waals surface area contributed by atoms with Crippen LogP contribution >= 0.6 is 27.5 Å². The van der Waals surface area contributed by atoms with Gasteiger partial charge in [0.25, 0.3) is 10.0 Å². The Bertz CT molecular complexity index is 750. The van der Waals surface area contributed by atoms with E-state index in [9.17, 15) is 12.8 Å². The Morgan fingerprint density at radius 2 is 2.10 bits per heavy atom. The van der Waals surface area contributed by atoms with E-state index in [1.807, 2.05) is 0 Å². The molecule has 1 heterocycles. The summed E-state index contributed by atoms with van der Waals surface area (Å²) < 4.78 is 40.3. The van der Waals surface area contributed by atoms with E-state index in [-0.39, 0.29) is 25.9 Å². The van der Waals surface area contributed by atoms with Crippen LogP contribution in [-0.4, -0.2) is 13.4 Å². The first-order valence-electron chi connectivity index (χ1n) is 5.19. The molecule has 0 aliphatic rings. The molecule has 5 nitrogen and oxygen atoms in total. The van der Waals surface area contributed by atoms with Gasteiger partial charge in [-0.3, -0.25) is 4.72 Å². The number of nitrogens with zero attached hydrogens (tertiary/aromatic N) is 1. The predicted octanol–water partition coefficient (Wildman–Crippen LogP) is 3.02. The topological polar surface area (TPSA) is 85.1 Å². The van der Waals surface area contributed by atoms with Gasteiger partial charge in [-0.25, -0.2) is 17.8 Å². The minimum Gasteiger partial charge on any atom is -0.382 e. The molecule has 106 valence electrons. The Kier molecular flexibility index (Phi) is 4.17. The summed E-state index contributed by atoms with van der Waals surface area (Å²) in [6, 6.07) is 5.23. The standard InChI is InChI=1S/C11H8BrClFN3O2S/c12-7-2-1-3-9(14)10(7)17-20(18,19)6-4-8(13)11(15)16-5-6/h1-5,17H,(H2,15,16). The Hall–Kier alpha value is -1.38. The molecule has 20 heavy (non-hydrogen) atoms. The quantitative estimate of drug-likeness (QED) is 0.857. The summed E-state index contributed by atoms with van der Waals surface area (Å²) in [7, 11) is -4.02. The molecule has 0 unspecified atom stereocenters. The van der Waals surface area contributed by atoms with Crippen molar-refractivity contribution in [3.05, 3.63) is 45.8 Å². The summed E-state index contributed by atoms with van der Waals surface area (Å²) in [5.41, 5.74) is 5.21. The Labute approximate surface area is 128 Å². The van der Waals surface area contributed by atoms with Gasteiger partial charge in [-0.2, -0.15) is 0 Å². The summed E-state index contributed by atoms with van der Waals surface area (Å²) in [5.74, 6) is -0.699. The molecule has 3 N–H and O–H groups in total. The number of sulfonamides is 1. The summed E-state index contributed by atoms with van der Waals surface area (Å²) in [6.07, 6.45) is 1.04. The molecule has 0 atom stereocenters. The van der Waals surface area contributed by atoms with Gasteiger partial charge in [0, 0.05) is 10.7 Å². The second-order valence-corrected chi connectivity index (χ2v) is 6.68. The van der Waals surface area contributed by atoms with E-state index in [0.29, 0.717) is 0 Å². The van der Waals surface area contributed by atoms with Crippen LogP contribution in [0, 0.1) is 5.82 Å². The van der Waals surface area contributed by atoms with Crippen LogP contribution in [0.3, 0.4) is 0 Å². The van der Waals surface area contributed by atoms with E-state index >= 15 is 0 Å². The van der Waals surface area contributed by atoms with Crippen LogP contribution in [0.2, 0.25) is 5.02 Å². The van der Waals surface area contributed by atoms with Crippen LogP contribution in [0.4, 0.5) is 15.9 Å². The van der Waals surface area contributed by atoms with Crippen molar-refractivity contribution in [2.45, 2.75) is 4.90 Å². The first-order chi connectivity index (χ1) is 9.31. The van der Waals surface area contributed by atoms with Crippen molar-refractivity contribution in [2.24, 2.45) is 0 Å². The maximum atomic E-state index is 13.6. The fraction of sp³-hybridized carbons (Fsp3) is 0. The molecular formula is C11H8BrClFN3O2S. The van der Waals surface area contributed by atoms with Crippen LogP contribution < -0.4 is 10.5 Å². The molecule has 0 saturated heterocycles. The molecule has 2 aromatic rings. The first kappa shape index (κ1) is 15.0. The SMILES string of the molecule is Nc1ncc(S(=O)(=O)Nc2c(F)cccc2Br)cc1Cl. The Morgan fingerprint density at radius 3 is 2.70 bits per heavy atom. The van der Waals surface area contributed by atoms with Gasteiger partial charge in [0.15, 0.2) is 0 Å². The first-order valence-corrected chi connectivity index (χ1v) is 7.84. The average molecular weight is 381 g/mol.